The van der Waals surface area contributed by atoms with Gasteiger partial charge in [-0.3, -0.25) is 0 Å². The van der Waals surface area contributed by atoms with E-state index in [-0.39, 0.29) is 0 Å². The summed E-state index contributed by atoms with van der Waals surface area (Å²) in [5.74, 6) is 0. The predicted octanol–water partition coefficient (Wildman–Crippen LogP) is 2.18. The van der Waals surface area contributed by atoms with Crippen molar-refractivity contribution in [2.75, 3.05) is 26.7 Å². The Morgan fingerprint density at radius 3 is 2.25 bits per heavy atom. The van der Waals surface area contributed by atoms with Gasteiger partial charge in [0.05, 0.1) is 0 Å². The van der Waals surface area contributed by atoms with Crippen molar-refractivity contribution >= 4 is 8.32 Å². The van der Waals surface area contributed by atoms with Crippen LogP contribution in [0.2, 0.25) is 19.6 Å². The Hall–Kier alpha value is 0.137. The lowest BCUT2D eigenvalue weighted by molar-refractivity contribution is 0.264. The van der Waals surface area contributed by atoms with Crippen molar-refractivity contribution in [3.05, 3.63) is 0 Å². The minimum absolute atomic E-state index is 0.931. The minimum atomic E-state index is -1.26. The van der Waals surface area contributed by atoms with Crippen molar-refractivity contribution in [2.24, 2.45) is 0 Å². The van der Waals surface area contributed by atoms with Gasteiger partial charge in [-0.15, -0.1) is 0 Å². The maximum Gasteiger partial charge on any atom is 0.183 e. The van der Waals surface area contributed by atoms with Crippen LogP contribution in [-0.4, -0.2) is 40.0 Å². The van der Waals surface area contributed by atoms with Crippen LogP contribution >= 0.6 is 0 Å². The van der Waals surface area contributed by atoms with Crippen molar-refractivity contribution in [2.45, 2.75) is 33.0 Å². The van der Waals surface area contributed by atoms with Crippen LogP contribution in [0.5, 0.6) is 0 Å². The summed E-state index contributed by atoms with van der Waals surface area (Å²) in [6.45, 7) is 12.1. The molecule has 0 radical (unpaired) electrons. The smallest absolute Gasteiger partial charge is 0.183 e. The monoisotopic (exact) mass is 189 g/mol. The van der Waals surface area contributed by atoms with Gasteiger partial charge in [0.15, 0.2) is 8.32 Å². The molecule has 0 fully saturated rings. The average molecular weight is 189 g/mol. The van der Waals surface area contributed by atoms with Crippen LogP contribution in [-0.2, 0) is 4.43 Å². The molecule has 3 heteroatoms. The molecule has 0 bridgehead atoms. The summed E-state index contributed by atoms with van der Waals surface area (Å²) in [6.07, 6.45) is 1.16. The molecule has 0 aliphatic rings. The predicted molar refractivity (Wildman–Crippen MR) is 57.1 cm³/mol. The first kappa shape index (κ1) is 12.1. The van der Waals surface area contributed by atoms with Crippen LogP contribution < -0.4 is 0 Å². The third-order valence-electron chi connectivity index (χ3n) is 1.76. The molecule has 0 aliphatic heterocycles. The quantitative estimate of drug-likeness (QED) is 0.469. The van der Waals surface area contributed by atoms with Gasteiger partial charge in [-0.1, -0.05) is 6.92 Å². The van der Waals surface area contributed by atoms with Crippen LogP contribution in [0, 0.1) is 0 Å². The van der Waals surface area contributed by atoms with Crippen molar-refractivity contribution in [3.63, 3.8) is 0 Å². The van der Waals surface area contributed by atoms with Gasteiger partial charge in [-0.05, 0) is 46.2 Å². The molecule has 0 spiro atoms. The Morgan fingerprint density at radius 1 is 1.25 bits per heavy atom. The van der Waals surface area contributed by atoms with Gasteiger partial charge in [0.2, 0.25) is 0 Å². The van der Waals surface area contributed by atoms with Crippen LogP contribution in [0.4, 0.5) is 0 Å². The molecule has 0 heterocycles. The molecule has 0 aromatic heterocycles. The molecular weight excluding hydrogens is 166 g/mol. The number of hydrogen-bond acceptors (Lipinski definition) is 2. The van der Waals surface area contributed by atoms with Gasteiger partial charge >= 0.3 is 0 Å². The van der Waals surface area contributed by atoms with E-state index in [0.717, 1.165) is 26.1 Å². The van der Waals surface area contributed by atoms with Gasteiger partial charge in [-0.25, -0.2) is 0 Å². The second-order valence-electron chi connectivity index (χ2n) is 4.21. The van der Waals surface area contributed by atoms with Gasteiger partial charge in [0.1, 0.15) is 0 Å². The van der Waals surface area contributed by atoms with E-state index in [4.69, 9.17) is 4.43 Å². The van der Waals surface area contributed by atoms with E-state index in [9.17, 15) is 0 Å². The first-order chi connectivity index (χ1) is 5.45. The molecule has 0 atom stereocenters. The summed E-state index contributed by atoms with van der Waals surface area (Å²) >= 11 is 0. The third-order valence-corrected chi connectivity index (χ3v) is 2.83. The van der Waals surface area contributed by atoms with Gasteiger partial charge in [-0.2, -0.15) is 0 Å². The van der Waals surface area contributed by atoms with E-state index in [2.05, 4.69) is 38.5 Å². The molecule has 0 N–H and O–H groups in total. The lowest BCUT2D eigenvalue weighted by atomic mass is 10.4. The molecule has 12 heavy (non-hydrogen) atoms. The Kier molecular flexibility index (Phi) is 5.79. The fraction of sp³-hybridized carbons (Fsp3) is 1.00. The summed E-state index contributed by atoms with van der Waals surface area (Å²) in [5.41, 5.74) is 0. The highest BCUT2D eigenvalue weighted by Crippen LogP contribution is 2.02. The Labute approximate surface area is 78.0 Å². The molecular formula is C9H23NOSi. The van der Waals surface area contributed by atoms with E-state index >= 15 is 0 Å². The fourth-order valence-electron chi connectivity index (χ4n) is 0.871. The van der Waals surface area contributed by atoms with E-state index < -0.39 is 8.32 Å². The molecule has 0 aromatic carbocycles. The zero-order valence-corrected chi connectivity index (χ0v) is 10.2. The topological polar surface area (TPSA) is 12.5 Å². The highest BCUT2D eigenvalue weighted by atomic mass is 28.4. The Bertz CT molecular complexity index is 112. The Morgan fingerprint density at radius 2 is 1.83 bits per heavy atom. The summed E-state index contributed by atoms with van der Waals surface area (Å²) < 4.78 is 5.74. The van der Waals surface area contributed by atoms with E-state index in [1.807, 2.05) is 0 Å². The highest BCUT2D eigenvalue weighted by molar-refractivity contribution is 6.69. The van der Waals surface area contributed by atoms with Crippen LogP contribution in [0.1, 0.15) is 13.3 Å². The molecule has 0 amide bonds. The minimum Gasteiger partial charge on any atom is -0.418 e. The van der Waals surface area contributed by atoms with Gasteiger partial charge in [0, 0.05) is 6.61 Å². The molecule has 0 rings (SSSR count). The maximum absolute atomic E-state index is 5.74. The van der Waals surface area contributed by atoms with Crippen molar-refractivity contribution in [3.8, 4) is 0 Å². The molecule has 0 saturated heterocycles. The second-order valence-corrected chi connectivity index (χ2v) is 8.72. The normalized spacial score (nSPS) is 12.5. The highest BCUT2D eigenvalue weighted by Gasteiger charge is 2.12. The molecule has 0 unspecified atom stereocenters. The third kappa shape index (κ3) is 8.24. The van der Waals surface area contributed by atoms with E-state index in [0.29, 0.717) is 0 Å². The molecule has 2 nitrogen and oxygen atoms in total. The summed E-state index contributed by atoms with van der Waals surface area (Å²) in [7, 11) is 0.889. The summed E-state index contributed by atoms with van der Waals surface area (Å²) in [5, 5.41) is 0. The lowest BCUT2D eigenvalue weighted by Crippen LogP contribution is -2.27. The molecule has 74 valence electrons. The zero-order chi connectivity index (χ0) is 9.61. The van der Waals surface area contributed by atoms with Crippen LogP contribution in [0.3, 0.4) is 0 Å². The maximum atomic E-state index is 5.74. The fourth-order valence-corrected chi connectivity index (χ4v) is 1.63. The van der Waals surface area contributed by atoms with Gasteiger partial charge < -0.3 is 9.33 Å². The first-order valence-corrected chi connectivity index (χ1v) is 8.19. The zero-order valence-electron chi connectivity index (χ0n) is 9.18. The van der Waals surface area contributed by atoms with Crippen molar-refractivity contribution in [1.29, 1.82) is 0 Å². The van der Waals surface area contributed by atoms with Crippen LogP contribution in [0.15, 0.2) is 0 Å². The average Bonchev–Trinajstić information content (AvgIpc) is 1.96. The Balaban J connectivity index is 3.22. The standard InChI is InChI=1S/C9H23NOSi/c1-6-10(2)8-7-9-11-12(3,4)5/h6-9H2,1-5H3. The molecule has 0 aromatic rings. The largest absolute Gasteiger partial charge is 0.418 e. The lowest BCUT2D eigenvalue weighted by Gasteiger charge is -2.19. The SMILES string of the molecule is CCN(C)CCCO[Si](C)(C)C. The first-order valence-electron chi connectivity index (χ1n) is 4.78. The van der Waals surface area contributed by atoms with Crippen molar-refractivity contribution in [1.82, 2.24) is 4.90 Å². The number of hydrogen-bond donors (Lipinski definition) is 0. The number of rotatable bonds is 6. The molecule has 0 aliphatic carbocycles. The van der Waals surface area contributed by atoms with E-state index in [1.54, 1.807) is 0 Å². The molecule has 0 saturated carbocycles. The van der Waals surface area contributed by atoms with Crippen LogP contribution in [0.25, 0.3) is 0 Å². The van der Waals surface area contributed by atoms with Crippen molar-refractivity contribution < 1.29 is 4.43 Å². The second kappa shape index (κ2) is 5.73. The summed E-state index contributed by atoms with van der Waals surface area (Å²) in [4.78, 5) is 2.31. The summed E-state index contributed by atoms with van der Waals surface area (Å²) in [6, 6.07) is 0. The van der Waals surface area contributed by atoms with E-state index in [1.165, 1.54) is 0 Å². The number of nitrogens with zero attached hydrogens (tertiary/aromatic N) is 1. The van der Waals surface area contributed by atoms with Gasteiger partial charge in [0.25, 0.3) is 0 Å².